The van der Waals surface area contributed by atoms with Crippen LogP contribution in [0.1, 0.15) is 27.2 Å². The van der Waals surface area contributed by atoms with Crippen LogP contribution < -0.4 is 0 Å². The largest absolute Gasteiger partial charge is 0.297 e. The van der Waals surface area contributed by atoms with Crippen molar-refractivity contribution < 1.29 is 0 Å². The van der Waals surface area contributed by atoms with Gasteiger partial charge in [-0.05, 0) is 43.6 Å². The Kier molecular flexibility index (Phi) is 1.82. The maximum Gasteiger partial charge on any atom is 0.0172 e. The van der Waals surface area contributed by atoms with E-state index in [1.807, 2.05) is 0 Å². The fraction of sp³-hybridized carbons (Fsp3) is 0.846. The summed E-state index contributed by atoms with van der Waals surface area (Å²) in [5.74, 6) is 3.80. The van der Waals surface area contributed by atoms with Crippen LogP contribution in [0, 0.1) is 23.7 Å². The molecular weight excluding hydrogens is 170 g/mol. The van der Waals surface area contributed by atoms with E-state index in [9.17, 15) is 0 Å². The van der Waals surface area contributed by atoms with Gasteiger partial charge in [-0.15, -0.1) is 0 Å². The minimum absolute atomic E-state index is 0.814. The Hall–Kier alpha value is -0.300. The van der Waals surface area contributed by atoms with Crippen LogP contribution in [0.4, 0.5) is 0 Å². The summed E-state index contributed by atoms with van der Waals surface area (Å²) in [6.07, 6.45) is 6.26. The highest BCUT2D eigenvalue weighted by molar-refractivity contribution is 5.21. The number of hydrogen-bond acceptors (Lipinski definition) is 1. The summed E-state index contributed by atoms with van der Waals surface area (Å²) in [6, 6.07) is 1.74. The Morgan fingerprint density at radius 2 is 2.14 bits per heavy atom. The zero-order chi connectivity index (χ0) is 9.87. The van der Waals surface area contributed by atoms with Crippen molar-refractivity contribution in [2.75, 3.05) is 6.54 Å². The summed E-state index contributed by atoms with van der Waals surface area (Å²) in [5, 5.41) is 0. The lowest BCUT2D eigenvalue weighted by Gasteiger charge is -2.49. The summed E-state index contributed by atoms with van der Waals surface area (Å²) in [4.78, 5) is 2.75. The van der Waals surface area contributed by atoms with E-state index >= 15 is 0 Å². The number of likely N-dealkylation sites (tertiary alicyclic amines) is 1. The minimum atomic E-state index is 0.814. The van der Waals surface area contributed by atoms with Crippen molar-refractivity contribution in [3.63, 3.8) is 0 Å². The standard InChI is InChI=1S/C13H21N/c1-4-14-9(3)8(2)12-10-6-5-7-11(10)13(12)14/h5-6,8-13H,4,7H2,1-3H3/t8-,9+,10?,11-,12+,13-/m1/s1. The van der Waals surface area contributed by atoms with Crippen molar-refractivity contribution in [1.29, 1.82) is 0 Å². The zero-order valence-electron chi connectivity index (χ0n) is 9.48. The zero-order valence-corrected chi connectivity index (χ0v) is 9.48. The lowest BCUT2D eigenvalue weighted by molar-refractivity contribution is 0.0142. The van der Waals surface area contributed by atoms with Gasteiger partial charge in [0.15, 0.2) is 0 Å². The van der Waals surface area contributed by atoms with Gasteiger partial charge in [0.1, 0.15) is 0 Å². The summed E-state index contributed by atoms with van der Waals surface area (Å²) in [5.41, 5.74) is 0. The third-order valence-corrected chi connectivity index (χ3v) is 5.18. The number of fused-ring (bicyclic) bond motifs is 4. The molecule has 2 fully saturated rings. The monoisotopic (exact) mass is 191 g/mol. The molecule has 0 aromatic heterocycles. The summed E-state index contributed by atoms with van der Waals surface area (Å²) in [6.45, 7) is 8.45. The Labute approximate surface area is 87.2 Å². The quantitative estimate of drug-likeness (QED) is 0.576. The fourth-order valence-electron chi connectivity index (χ4n) is 4.36. The molecule has 78 valence electrons. The van der Waals surface area contributed by atoms with Gasteiger partial charge >= 0.3 is 0 Å². The van der Waals surface area contributed by atoms with Crippen molar-refractivity contribution in [3.05, 3.63) is 12.2 Å². The smallest absolute Gasteiger partial charge is 0.0172 e. The first-order chi connectivity index (χ1) is 6.75. The highest BCUT2D eigenvalue weighted by Gasteiger charge is 2.60. The molecule has 1 saturated carbocycles. The highest BCUT2D eigenvalue weighted by atomic mass is 15.2. The van der Waals surface area contributed by atoms with E-state index < -0.39 is 0 Å². The maximum atomic E-state index is 2.75. The second-order valence-electron chi connectivity index (χ2n) is 5.40. The molecule has 3 aliphatic rings. The molecule has 0 N–H and O–H groups in total. The van der Waals surface area contributed by atoms with E-state index in [1.54, 1.807) is 0 Å². The minimum Gasteiger partial charge on any atom is -0.297 e. The average molecular weight is 191 g/mol. The van der Waals surface area contributed by atoms with Crippen molar-refractivity contribution >= 4 is 0 Å². The number of allylic oxidation sites excluding steroid dienone is 2. The molecule has 3 rings (SSSR count). The van der Waals surface area contributed by atoms with Gasteiger partial charge in [0.2, 0.25) is 0 Å². The van der Waals surface area contributed by atoms with Gasteiger partial charge in [0.25, 0.3) is 0 Å². The van der Waals surface area contributed by atoms with E-state index in [0.29, 0.717) is 0 Å². The molecule has 0 amide bonds. The van der Waals surface area contributed by atoms with Gasteiger partial charge in [-0.25, -0.2) is 0 Å². The highest BCUT2D eigenvalue weighted by Crippen LogP contribution is 2.58. The van der Waals surface area contributed by atoms with Crippen LogP contribution in [0.5, 0.6) is 0 Å². The van der Waals surface area contributed by atoms with E-state index in [4.69, 9.17) is 0 Å². The molecule has 0 bridgehead atoms. The van der Waals surface area contributed by atoms with Crippen molar-refractivity contribution in [1.82, 2.24) is 4.90 Å². The van der Waals surface area contributed by atoms with E-state index in [-0.39, 0.29) is 0 Å². The second kappa shape index (κ2) is 2.85. The Morgan fingerprint density at radius 1 is 1.36 bits per heavy atom. The van der Waals surface area contributed by atoms with Gasteiger partial charge < -0.3 is 0 Å². The molecule has 0 aromatic carbocycles. The van der Waals surface area contributed by atoms with E-state index in [2.05, 4.69) is 37.8 Å². The first kappa shape index (κ1) is 8.96. The molecule has 1 nitrogen and oxygen atoms in total. The molecular formula is C13H21N. The predicted molar refractivity (Wildman–Crippen MR) is 59.0 cm³/mol. The lowest BCUT2D eigenvalue weighted by Crippen LogP contribution is -2.53. The van der Waals surface area contributed by atoms with Crippen LogP contribution in [0.25, 0.3) is 0 Å². The number of rotatable bonds is 1. The number of nitrogens with zero attached hydrogens (tertiary/aromatic N) is 1. The Morgan fingerprint density at radius 3 is 2.86 bits per heavy atom. The number of hydrogen-bond donors (Lipinski definition) is 0. The predicted octanol–water partition coefficient (Wildman–Crippen LogP) is 2.54. The maximum absolute atomic E-state index is 2.75. The molecule has 1 heterocycles. The normalized spacial score (nSPS) is 55.6. The fourth-order valence-corrected chi connectivity index (χ4v) is 4.36. The third kappa shape index (κ3) is 0.850. The van der Waals surface area contributed by atoms with Gasteiger partial charge in [-0.2, -0.15) is 0 Å². The summed E-state index contributed by atoms with van der Waals surface area (Å²) < 4.78 is 0. The van der Waals surface area contributed by atoms with Gasteiger partial charge in [-0.3, -0.25) is 4.90 Å². The molecule has 1 unspecified atom stereocenters. The molecule has 0 radical (unpaired) electrons. The summed E-state index contributed by atoms with van der Waals surface area (Å²) in [7, 11) is 0. The van der Waals surface area contributed by atoms with Gasteiger partial charge in [0, 0.05) is 12.1 Å². The van der Waals surface area contributed by atoms with E-state index in [1.165, 1.54) is 13.0 Å². The molecule has 0 spiro atoms. The molecule has 1 heteroatoms. The van der Waals surface area contributed by atoms with Crippen molar-refractivity contribution in [2.45, 2.75) is 39.3 Å². The van der Waals surface area contributed by atoms with Crippen LogP contribution in [0.15, 0.2) is 12.2 Å². The average Bonchev–Trinajstić information content (AvgIpc) is 2.63. The van der Waals surface area contributed by atoms with Gasteiger partial charge in [0.05, 0.1) is 0 Å². The molecule has 1 saturated heterocycles. The molecule has 1 aliphatic heterocycles. The Balaban J connectivity index is 1.88. The van der Waals surface area contributed by atoms with Gasteiger partial charge in [-0.1, -0.05) is 26.0 Å². The lowest BCUT2D eigenvalue weighted by atomic mass is 9.60. The van der Waals surface area contributed by atoms with Crippen LogP contribution in [0.3, 0.4) is 0 Å². The first-order valence-electron chi connectivity index (χ1n) is 6.18. The van der Waals surface area contributed by atoms with E-state index in [0.717, 1.165) is 35.8 Å². The molecule has 6 atom stereocenters. The molecule has 2 aliphatic carbocycles. The van der Waals surface area contributed by atoms with Crippen LogP contribution >= 0.6 is 0 Å². The molecule has 14 heavy (non-hydrogen) atoms. The van der Waals surface area contributed by atoms with Crippen LogP contribution in [-0.2, 0) is 0 Å². The van der Waals surface area contributed by atoms with Crippen LogP contribution in [0.2, 0.25) is 0 Å². The second-order valence-corrected chi connectivity index (χ2v) is 5.40. The SMILES string of the molecule is CCN1[C@H]2[C@H](C3C=CC[C@H]32)[C@H](C)[C@@H]1C. The van der Waals surface area contributed by atoms with Crippen molar-refractivity contribution in [2.24, 2.45) is 23.7 Å². The van der Waals surface area contributed by atoms with Crippen LogP contribution in [-0.4, -0.2) is 23.5 Å². The third-order valence-electron chi connectivity index (χ3n) is 5.18. The first-order valence-corrected chi connectivity index (χ1v) is 6.18. The van der Waals surface area contributed by atoms with Crippen molar-refractivity contribution in [3.8, 4) is 0 Å². The topological polar surface area (TPSA) is 3.24 Å². The molecule has 0 aromatic rings. The summed E-state index contributed by atoms with van der Waals surface area (Å²) >= 11 is 0. The Bertz CT molecular complexity index is 270.